The van der Waals surface area contributed by atoms with E-state index in [2.05, 4.69) is 21.5 Å². The van der Waals surface area contributed by atoms with Gasteiger partial charge in [0.05, 0.1) is 33.6 Å². The van der Waals surface area contributed by atoms with Gasteiger partial charge in [-0.2, -0.15) is 10.4 Å². The van der Waals surface area contributed by atoms with Crippen molar-refractivity contribution in [1.82, 2.24) is 19.2 Å². The van der Waals surface area contributed by atoms with Gasteiger partial charge in [-0.25, -0.2) is 9.67 Å². The molecule has 0 spiro atoms. The third-order valence-electron chi connectivity index (χ3n) is 4.63. The monoisotopic (exact) mass is 404 g/mol. The van der Waals surface area contributed by atoms with Crippen LogP contribution in [0, 0.1) is 18.3 Å². The molecule has 7 nitrogen and oxygen atoms in total. The van der Waals surface area contributed by atoms with Crippen LogP contribution < -0.4 is 5.32 Å². The van der Waals surface area contributed by atoms with Crippen molar-refractivity contribution in [2.45, 2.75) is 31.8 Å². The van der Waals surface area contributed by atoms with Crippen molar-refractivity contribution in [2.75, 3.05) is 11.1 Å². The molecule has 3 heterocycles. The summed E-state index contributed by atoms with van der Waals surface area (Å²) in [6.45, 7) is 5.92. The number of nitrogens with zero attached hydrogens (tertiary/aromatic N) is 5. The van der Waals surface area contributed by atoms with Gasteiger partial charge in [0.1, 0.15) is 11.9 Å². The summed E-state index contributed by atoms with van der Waals surface area (Å²) in [7, 11) is 0. The molecule has 29 heavy (non-hydrogen) atoms. The molecule has 1 amide bonds. The Morgan fingerprint density at radius 1 is 1.31 bits per heavy atom. The number of imidazole rings is 1. The first-order valence-corrected chi connectivity index (χ1v) is 10.2. The normalized spacial score (nSPS) is 11.3. The summed E-state index contributed by atoms with van der Waals surface area (Å²) in [5, 5.41) is 17.6. The van der Waals surface area contributed by atoms with E-state index in [-0.39, 0.29) is 17.7 Å². The molecule has 0 saturated carbocycles. The van der Waals surface area contributed by atoms with Crippen LogP contribution in [0.3, 0.4) is 0 Å². The van der Waals surface area contributed by atoms with Crippen molar-refractivity contribution in [1.29, 1.82) is 5.26 Å². The largest absolute Gasteiger partial charge is 0.310 e. The van der Waals surface area contributed by atoms with Crippen LogP contribution in [-0.2, 0) is 4.79 Å². The van der Waals surface area contributed by atoms with Crippen LogP contribution in [0.2, 0.25) is 0 Å². The maximum absolute atomic E-state index is 12.6. The molecule has 146 valence electrons. The van der Waals surface area contributed by atoms with Gasteiger partial charge >= 0.3 is 0 Å². The molecule has 0 fully saturated rings. The molecule has 0 aliphatic rings. The first-order valence-electron chi connectivity index (χ1n) is 9.26. The van der Waals surface area contributed by atoms with Gasteiger partial charge in [-0.15, -0.1) is 0 Å². The van der Waals surface area contributed by atoms with Crippen LogP contribution >= 0.6 is 11.8 Å². The minimum atomic E-state index is -0.114. The molecule has 0 unspecified atom stereocenters. The molecule has 0 aliphatic carbocycles. The summed E-state index contributed by atoms with van der Waals surface area (Å²) in [5.41, 5.74) is 3.75. The van der Waals surface area contributed by atoms with Gasteiger partial charge in [0.25, 0.3) is 0 Å². The topological polar surface area (TPSA) is 88.0 Å². The minimum Gasteiger partial charge on any atom is -0.310 e. The van der Waals surface area contributed by atoms with Gasteiger partial charge in [0.2, 0.25) is 5.91 Å². The van der Waals surface area contributed by atoms with Crippen molar-refractivity contribution < 1.29 is 4.79 Å². The first kappa shape index (κ1) is 19.0. The van der Waals surface area contributed by atoms with Crippen LogP contribution in [0.25, 0.3) is 16.7 Å². The number of para-hydroxylation sites is 2. The number of amides is 1. The number of anilines is 1. The van der Waals surface area contributed by atoms with Crippen molar-refractivity contribution >= 4 is 40.2 Å². The summed E-state index contributed by atoms with van der Waals surface area (Å²) in [5.74, 6) is 0.799. The van der Waals surface area contributed by atoms with Crippen LogP contribution in [0.4, 0.5) is 5.82 Å². The Labute approximate surface area is 172 Å². The van der Waals surface area contributed by atoms with Crippen molar-refractivity contribution in [3.8, 4) is 6.07 Å². The first-order chi connectivity index (χ1) is 14.0. The number of aryl methyl sites for hydroxylation is 1. The summed E-state index contributed by atoms with van der Waals surface area (Å²) in [6.07, 6.45) is 1.67. The van der Waals surface area contributed by atoms with Crippen molar-refractivity contribution in [3.63, 3.8) is 0 Å². The number of pyridine rings is 1. The van der Waals surface area contributed by atoms with E-state index in [0.29, 0.717) is 17.0 Å². The fourth-order valence-corrected chi connectivity index (χ4v) is 4.23. The average Bonchev–Trinajstić information content (AvgIpc) is 3.30. The highest BCUT2D eigenvalue weighted by molar-refractivity contribution is 7.99. The lowest BCUT2D eigenvalue weighted by Gasteiger charge is -2.12. The van der Waals surface area contributed by atoms with Crippen molar-refractivity contribution in [2.24, 2.45) is 0 Å². The Kier molecular flexibility index (Phi) is 4.99. The average molecular weight is 404 g/mol. The molecule has 1 N–H and O–H groups in total. The lowest BCUT2D eigenvalue weighted by Crippen LogP contribution is -2.18. The molecule has 0 radical (unpaired) electrons. The number of nitriles is 1. The van der Waals surface area contributed by atoms with E-state index in [1.807, 2.05) is 55.5 Å². The molecule has 3 aromatic heterocycles. The molecule has 0 saturated heterocycles. The van der Waals surface area contributed by atoms with Crippen LogP contribution in [-0.4, -0.2) is 30.8 Å². The molecule has 0 bridgehead atoms. The van der Waals surface area contributed by atoms with Gasteiger partial charge < -0.3 is 5.32 Å². The van der Waals surface area contributed by atoms with Crippen LogP contribution in [0.1, 0.15) is 31.0 Å². The maximum atomic E-state index is 12.6. The van der Waals surface area contributed by atoms with Gasteiger partial charge in [-0.3, -0.25) is 9.20 Å². The van der Waals surface area contributed by atoms with Crippen LogP contribution in [0.15, 0.2) is 47.6 Å². The molecule has 4 rings (SSSR count). The number of rotatable bonds is 5. The van der Waals surface area contributed by atoms with Gasteiger partial charge in [0, 0.05) is 12.1 Å². The molecule has 1 aromatic carbocycles. The number of hydrogen-bond donors (Lipinski definition) is 1. The molecular weight excluding hydrogens is 384 g/mol. The zero-order valence-corrected chi connectivity index (χ0v) is 17.2. The highest BCUT2D eigenvalue weighted by atomic mass is 32.2. The predicted molar refractivity (Wildman–Crippen MR) is 114 cm³/mol. The predicted octanol–water partition coefficient (Wildman–Crippen LogP) is 4.18. The fraction of sp³-hybridized carbons (Fsp3) is 0.238. The number of nitrogens with one attached hydrogen (secondary N) is 1. The van der Waals surface area contributed by atoms with Gasteiger partial charge in [-0.05, 0) is 44.5 Å². The van der Waals surface area contributed by atoms with Gasteiger partial charge in [-0.1, -0.05) is 23.9 Å². The Morgan fingerprint density at radius 3 is 2.86 bits per heavy atom. The zero-order valence-electron chi connectivity index (χ0n) is 16.4. The maximum Gasteiger partial charge on any atom is 0.235 e. The van der Waals surface area contributed by atoms with E-state index >= 15 is 0 Å². The van der Waals surface area contributed by atoms with E-state index in [9.17, 15) is 10.1 Å². The lowest BCUT2D eigenvalue weighted by atomic mass is 10.2. The second-order valence-corrected chi connectivity index (χ2v) is 8.00. The van der Waals surface area contributed by atoms with Crippen LogP contribution in [0.5, 0.6) is 0 Å². The SMILES string of the molecule is Cc1cc(SCC(=O)Nc2ccnn2C(C)C)n2c(nc3ccccc32)c1C#N. The molecule has 0 atom stereocenters. The van der Waals surface area contributed by atoms with Gasteiger partial charge in [0.15, 0.2) is 5.65 Å². The summed E-state index contributed by atoms with van der Waals surface area (Å²) < 4.78 is 3.73. The van der Waals surface area contributed by atoms with E-state index in [1.165, 1.54) is 11.8 Å². The van der Waals surface area contributed by atoms with E-state index in [1.54, 1.807) is 16.9 Å². The number of benzene rings is 1. The Balaban J connectivity index is 1.65. The molecular formula is C21H20N6OS. The number of hydrogen-bond acceptors (Lipinski definition) is 5. The highest BCUT2D eigenvalue weighted by Crippen LogP contribution is 2.29. The highest BCUT2D eigenvalue weighted by Gasteiger charge is 2.17. The lowest BCUT2D eigenvalue weighted by molar-refractivity contribution is -0.113. The van der Waals surface area contributed by atoms with E-state index < -0.39 is 0 Å². The Morgan fingerprint density at radius 2 is 2.10 bits per heavy atom. The summed E-state index contributed by atoms with van der Waals surface area (Å²) in [6, 6.07) is 13.9. The quantitative estimate of drug-likeness (QED) is 0.504. The summed E-state index contributed by atoms with van der Waals surface area (Å²) >= 11 is 1.42. The van der Waals surface area contributed by atoms with E-state index in [0.717, 1.165) is 21.6 Å². The third kappa shape index (κ3) is 3.45. The second-order valence-electron chi connectivity index (χ2n) is 7.00. The number of carbonyl (C=O) groups excluding carboxylic acids is 1. The number of fused-ring (bicyclic) bond motifs is 3. The number of carbonyl (C=O) groups is 1. The smallest absolute Gasteiger partial charge is 0.235 e. The standard InChI is InChI=1S/C21H20N6OS/c1-13(2)27-18(8-9-23-27)25-19(28)12-29-20-10-14(3)15(11-22)21-24-16-6-4-5-7-17(16)26(20)21/h4-10,13H,12H2,1-3H3,(H,25,28). The summed E-state index contributed by atoms with van der Waals surface area (Å²) in [4.78, 5) is 17.2. The number of aromatic nitrogens is 4. The molecule has 4 aromatic rings. The van der Waals surface area contributed by atoms with Crippen molar-refractivity contribution in [3.05, 3.63) is 53.7 Å². The number of thioether (sulfide) groups is 1. The second kappa shape index (κ2) is 7.60. The van der Waals surface area contributed by atoms with E-state index in [4.69, 9.17) is 0 Å². The Hall–Kier alpha value is -3.31. The minimum absolute atomic E-state index is 0.114. The zero-order chi connectivity index (χ0) is 20.5. The fourth-order valence-electron chi connectivity index (χ4n) is 3.30. The Bertz CT molecular complexity index is 1260. The molecule has 8 heteroatoms. The third-order valence-corrected chi connectivity index (χ3v) is 5.63. The molecule has 0 aliphatic heterocycles.